The third kappa shape index (κ3) is 6.06. The summed E-state index contributed by atoms with van der Waals surface area (Å²) in [6, 6.07) is 0. The maximum absolute atomic E-state index is 10.4. The average Bonchev–Trinajstić information content (AvgIpc) is 3.01. The largest absolute Gasteiger partial charge is 0.490 e. The molecule has 0 atom stereocenters. The van der Waals surface area contributed by atoms with Crippen molar-refractivity contribution < 1.29 is 46.8 Å². The lowest BCUT2D eigenvalue weighted by Crippen LogP contribution is -1.91. The van der Waals surface area contributed by atoms with E-state index in [0.717, 1.165) is 11.2 Å². The van der Waals surface area contributed by atoms with Gasteiger partial charge in [-0.25, -0.2) is 28.6 Å². The van der Waals surface area contributed by atoms with E-state index in [-0.39, 0.29) is 0 Å². The average molecular weight is 417 g/mol. The van der Waals surface area contributed by atoms with Crippen LogP contribution in [0.5, 0.6) is 0 Å². The zero-order valence-electron chi connectivity index (χ0n) is 11.7. The van der Waals surface area contributed by atoms with Crippen LogP contribution in [0.4, 0.5) is 0 Å². The Bertz CT molecular complexity index is 941. The van der Waals surface area contributed by atoms with Crippen LogP contribution in [0.1, 0.15) is 0 Å². The van der Waals surface area contributed by atoms with Gasteiger partial charge in [0.05, 0.1) is 6.33 Å². The molecule has 0 aromatic carbocycles. The second-order valence-corrected chi connectivity index (χ2v) is 8.32. The Morgan fingerprint density at radius 1 is 0.960 bits per heavy atom. The highest BCUT2D eigenvalue weighted by Crippen LogP contribution is 2.64. The molecular formula is C7H10N5O10P3. The molecule has 0 radical (unpaired) electrons. The summed E-state index contributed by atoms with van der Waals surface area (Å²) < 4.78 is 38.2. The van der Waals surface area contributed by atoms with Gasteiger partial charge in [0.15, 0.2) is 11.3 Å². The Balaban J connectivity index is 0.000000180. The molecule has 0 fully saturated rings. The highest BCUT2D eigenvalue weighted by molar-refractivity contribution is 7.66. The van der Waals surface area contributed by atoms with Crippen molar-refractivity contribution in [1.82, 2.24) is 24.3 Å². The Kier molecular flexibility index (Phi) is 5.56. The maximum atomic E-state index is 10.4. The quantitative estimate of drug-likeness (QED) is 0.305. The molecular weight excluding hydrogens is 407 g/mol. The number of phosphoric acid groups is 3. The summed E-state index contributed by atoms with van der Waals surface area (Å²) in [6.07, 6.45) is 6.90. The van der Waals surface area contributed by atoms with Gasteiger partial charge in [-0.1, -0.05) is 0 Å². The predicted octanol–water partition coefficient (Wildman–Crippen LogP) is -0.0890. The predicted molar refractivity (Wildman–Crippen MR) is 78.7 cm³/mol. The molecule has 0 saturated heterocycles. The molecule has 0 aliphatic rings. The molecule has 18 heteroatoms. The monoisotopic (exact) mass is 417 g/mol. The second-order valence-electron chi connectivity index (χ2n) is 4.12. The first kappa shape index (κ1) is 19.8. The number of H-pyrrole nitrogens is 1. The normalized spacial score (nSPS) is 13.0. The fraction of sp³-hybridized carbons (Fsp3) is 0. The van der Waals surface area contributed by atoms with Crippen LogP contribution in [0.3, 0.4) is 0 Å². The van der Waals surface area contributed by atoms with Gasteiger partial charge in [0.25, 0.3) is 0 Å². The van der Waals surface area contributed by atoms with Crippen LogP contribution >= 0.6 is 23.5 Å². The van der Waals surface area contributed by atoms with Gasteiger partial charge in [0.2, 0.25) is 0 Å². The fourth-order valence-electron chi connectivity index (χ4n) is 1.55. The van der Waals surface area contributed by atoms with Crippen LogP contribution in [0, 0.1) is 0 Å². The molecule has 3 aromatic rings. The summed E-state index contributed by atoms with van der Waals surface area (Å²) in [5.74, 6) is 0. The second kappa shape index (κ2) is 7.02. The first-order valence-electron chi connectivity index (χ1n) is 5.84. The van der Waals surface area contributed by atoms with Crippen LogP contribution in [0.2, 0.25) is 0 Å². The van der Waals surface area contributed by atoms with E-state index in [0.29, 0.717) is 5.65 Å². The number of rotatable bonds is 4. The molecule has 0 unspecified atom stereocenters. The van der Waals surface area contributed by atoms with Gasteiger partial charge in [0.1, 0.15) is 11.8 Å². The molecule has 0 saturated carbocycles. The van der Waals surface area contributed by atoms with Crippen LogP contribution in [-0.2, 0) is 22.3 Å². The Hall–Kier alpha value is -1.50. The van der Waals surface area contributed by atoms with Crippen molar-refractivity contribution >= 4 is 40.3 Å². The molecule has 0 aliphatic carbocycles. The molecule has 3 aromatic heterocycles. The van der Waals surface area contributed by atoms with Gasteiger partial charge in [-0.15, -0.1) is 0 Å². The molecule has 3 heterocycles. The number of nitrogens with zero attached hydrogens (tertiary/aromatic N) is 4. The summed E-state index contributed by atoms with van der Waals surface area (Å²) in [4.78, 5) is 55.5. The molecule has 6 N–H and O–H groups in total. The smallest absolute Gasteiger partial charge is 0.340 e. The number of nitrogens with one attached hydrogen (secondary N) is 1. The van der Waals surface area contributed by atoms with E-state index in [1.807, 2.05) is 10.6 Å². The van der Waals surface area contributed by atoms with E-state index in [4.69, 9.17) is 24.5 Å². The first-order valence-corrected chi connectivity index (χ1v) is 10.4. The number of hydrogen-bond acceptors (Lipinski definition) is 8. The standard InChI is InChI=1S/C7H5N5.H5O10P3/c1-2-12-4-11-6-5(7(12)8-1)9-3-10-6;1-11(2,3)9-13(7,8)10-12(4,5)6/h1-4H,(H,9,10);(H,7,8)(H2,1,2,3)(H2,4,5,6). The number of fused-ring (bicyclic) bond motifs is 3. The molecule has 138 valence electrons. The van der Waals surface area contributed by atoms with Crippen LogP contribution < -0.4 is 0 Å². The van der Waals surface area contributed by atoms with Crippen molar-refractivity contribution in [1.29, 1.82) is 0 Å². The van der Waals surface area contributed by atoms with Crippen molar-refractivity contribution in [3.8, 4) is 0 Å². The lowest BCUT2D eigenvalue weighted by atomic mass is 10.5. The topological polar surface area (TPSA) is 230 Å². The van der Waals surface area contributed by atoms with Crippen molar-refractivity contribution in [2.75, 3.05) is 0 Å². The van der Waals surface area contributed by atoms with Gasteiger partial charge in [-0.3, -0.25) is 4.40 Å². The van der Waals surface area contributed by atoms with Gasteiger partial charge >= 0.3 is 23.5 Å². The van der Waals surface area contributed by atoms with Crippen LogP contribution in [-0.4, -0.2) is 48.8 Å². The molecule has 0 bridgehead atoms. The Labute approximate surface area is 137 Å². The molecule has 0 amide bonds. The maximum Gasteiger partial charge on any atom is 0.490 e. The first-order chi connectivity index (χ1) is 11.4. The minimum atomic E-state index is -5.46. The van der Waals surface area contributed by atoms with Crippen LogP contribution in [0.25, 0.3) is 16.8 Å². The van der Waals surface area contributed by atoms with Gasteiger partial charge in [0, 0.05) is 12.4 Å². The lowest BCUT2D eigenvalue weighted by Gasteiger charge is -2.11. The molecule has 25 heavy (non-hydrogen) atoms. The molecule has 15 nitrogen and oxygen atoms in total. The Morgan fingerprint density at radius 2 is 1.56 bits per heavy atom. The number of imidazole rings is 2. The third-order valence-electron chi connectivity index (χ3n) is 2.24. The highest BCUT2D eigenvalue weighted by atomic mass is 31.3. The van der Waals surface area contributed by atoms with E-state index < -0.39 is 23.5 Å². The lowest BCUT2D eigenvalue weighted by molar-refractivity contribution is 0.204. The summed E-state index contributed by atoms with van der Waals surface area (Å²) in [6.45, 7) is 0. The summed E-state index contributed by atoms with van der Waals surface area (Å²) in [5.41, 5.74) is 2.44. The van der Waals surface area contributed by atoms with Crippen LogP contribution in [0.15, 0.2) is 25.0 Å². The minimum absolute atomic E-state index is 0.703. The van der Waals surface area contributed by atoms with Crippen molar-refractivity contribution in [2.24, 2.45) is 0 Å². The number of aromatic amines is 1. The summed E-state index contributed by atoms with van der Waals surface area (Å²) in [5, 5.41) is 0. The molecule has 0 aliphatic heterocycles. The molecule has 0 spiro atoms. The third-order valence-corrected chi connectivity index (χ3v) is 5.59. The van der Waals surface area contributed by atoms with Crippen molar-refractivity contribution in [3.63, 3.8) is 0 Å². The summed E-state index contributed by atoms with van der Waals surface area (Å²) >= 11 is 0. The van der Waals surface area contributed by atoms with E-state index in [2.05, 4.69) is 28.6 Å². The summed E-state index contributed by atoms with van der Waals surface area (Å²) in [7, 11) is -16.2. The number of hydrogen-bond donors (Lipinski definition) is 6. The molecule has 3 rings (SSSR count). The van der Waals surface area contributed by atoms with Gasteiger partial charge in [-0.05, 0) is 0 Å². The van der Waals surface area contributed by atoms with Gasteiger partial charge in [-0.2, -0.15) is 8.62 Å². The minimum Gasteiger partial charge on any atom is -0.340 e. The Morgan fingerprint density at radius 3 is 2.12 bits per heavy atom. The SMILES string of the molecule is O=P(O)(O)OP(=O)(O)OP(=O)(O)O.c1cn2cnc3nc[nH]c3c2n1. The van der Waals surface area contributed by atoms with E-state index in [1.165, 1.54) is 0 Å². The van der Waals surface area contributed by atoms with Gasteiger partial charge < -0.3 is 29.5 Å². The highest BCUT2D eigenvalue weighted by Gasteiger charge is 2.38. The van der Waals surface area contributed by atoms with Crippen molar-refractivity contribution in [3.05, 3.63) is 25.0 Å². The van der Waals surface area contributed by atoms with E-state index in [9.17, 15) is 13.7 Å². The number of aromatic nitrogens is 5. The van der Waals surface area contributed by atoms with E-state index >= 15 is 0 Å². The zero-order chi connectivity index (χ0) is 18.9. The van der Waals surface area contributed by atoms with Crippen molar-refractivity contribution in [2.45, 2.75) is 0 Å². The fourth-order valence-corrected chi connectivity index (χ4v) is 4.09. The van der Waals surface area contributed by atoms with E-state index in [1.54, 1.807) is 18.9 Å². The zero-order valence-corrected chi connectivity index (χ0v) is 14.4.